The summed E-state index contributed by atoms with van der Waals surface area (Å²) >= 11 is 1.56. The second-order valence-corrected chi connectivity index (χ2v) is 8.24. The van der Waals surface area contributed by atoms with Gasteiger partial charge >= 0.3 is 0 Å². The van der Waals surface area contributed by atoms with Crippen LogP contribution < -0.4 is 4.74 Å². The van der Waals surface area contributed by atoms with E-state index in [1.165, 1.54) is 0 Å². The van der Waals surface area contributed by atoms with Crippen molar-refractivity contribution in [3.05, 3.63) is 41.5 Å². The van der Waals surface area contributed by atoms with Crippen molar-refractivity contribution in [2.75, 3.05) is 33.4 Å². The van der Waals surface area contributed by atoms with E-state index in [2.05, 4.69) is 0 Å². The first-order valence-electron chi connectivity index (χ1n) is 9.81. The maximum Gasteiger partial charge on any atom is 0.228 e. The summed E-state index contributed by atoms with van der Waals surface area (Å²) in [5, 5.41) is 2.02. The van der Waals surface area contributed by atoms with Crippen molar-refractivity contribution in [1.29, 1.82) is 0 Å². The number of aromatic nitrogens is 2. The Morgan fingerprint density at radius 3 is 2.62 bits per heavy atom. The maximum absolute atomic E-state index is 12.9. The monoisotopic (exact) mass is 413 g/mol. The molecule has 0 unspecified atom stereocenters. The zero-order valence-corrected chi connectivity index (χ0v) is 17.1. The standard InChI is InChI=1S/C21H23N3O4S/c1-26-17-4-2-15(3-5-17)18-13-24-16(14-29-20(24)22-18)12-19(25)23-8-6-21(7-9-23)27-10-11-28-21/h2-5,13-14H,6-12H2,1H3. The average Bonchev–Trinajstić information content (AvgIpc) is 3.46. The normalized spacial score (nSPS) is 18.6. The largest absolute Gasteiger partial charge is 0.497 e. The molecule has 0 aliphatic carbocycles. The molecule has 2 aromatic heterocycles. The van der Waals surface area contributed by atoms with Gasteiger partial charge in [-0.2, -0.15) is 0 Å². The minimum absolute atomic E-state index is 0.136. The van der Waals surface area contributed by atoms with Crippen molar-refractivity contribution in [3.8, 4) is 17.0 Å². The average molecular weight is 413 g/mol. The van der Waals surface area contributed by atoms with Gasteiger partial charge in [0.1, 0.15) is 5.75 Å². The Balaban J connectivity index is 1.29. The molecule has 2 aliphatic rings. The van der Waals surface area contributed by atoms with Crippen LogP contribution in [0.15, 0.2) is 35.8 Å². The molecule has 0 radical (unpaired) electrons. The molecule has 1 spiro atoms. The van der Waals surface area contributed by atoms with E-state index < -0.39 is 5.79 Å². The lowest BCUT2D eigenvalue weighted by molar-refractivity contribution is -0.187. The summed E-state index contributed by atoms with van der Waals surface area (Å²) < 4.78 is 18.8. The van der Waals surface area contributed by atoms with Gasteiger partial charge in [-0.3, -0.25) is 9.20 Å². The number of piperidine rings is 1. The summed E-state index contributed by atoms with van der Waals surface area (Å²) in [5.74, 6) is 0.499. The lowest BCUT2D eigenvalue weighted by Gasteiger charge is -2.37. The topological polar surface area (TPSA) is 65.3 Å². The van der Waals surface area contributed by atoms with Gasteiger partial charge in [0.05, 0.1) is 32.4 Å². The van der Waals surface area contributed by atoms with Crippen LogP contribution in [0.5, 0.6) is 5.75 Å². The molecule has 2 fully saturated rings. The van der Waals surface area contributed by atoms with Gasteiger partial charge in [0, 0.05) is 48.8 Å². The zero-order chi connectivity index (χ0) is 19.8. The molecule has 2 aliphatic heterocycles. The summed E-state index contributed by atoms with van der Waals surface area (Å²) in [5.41, 5.74) is 2.89. The highest BCUT2D eigenvalue weighted by molar-refractivity contribution is 7.15. The molecule has 8 heteroatoms. The van der Waals surface area contributed by atoms with Gasteiger partial charge in [0.15, 0.2) is 10.7 Å². The van der Waals surface area contributed by atoms with Crippen molar-refractivity contribution in [2.45, 2.75) is 25.0 Å². The summed E-state index contributed by atoms with van der Waals surface area (Å²) in [4.78, 5) is 20.4. The van der Waals surface area contributed by atoms with Crippen LogP contribution in [0.2, 0.25) is 0 Å². The number of nitrogens with zero attached hydrogens (tertiary/aromatic N) is 3. The van der Waals surface area contributed by atoms with E-state index >= 15 is 0 Å². The molecule has 0 atom stereocenters. The predicted molar refractivity (Wildman–Crippen MR) is 109 cm³/mol. The van der Waals surface area contributed by atoms with Crippen LogP contribution in [0.25, 0.3) is 16.2 Å². The molecule has 0 bridgehead atoms. The Morgan fingerprint density at radius 2 is 1.93 bits per heavy atom. The maximum atomic E-state index is 12.9. The van der Waals surface area contributed by atoms with Gasteiger partial charge in [-0.25, -0.2) is 4.98 Å². The highest BCUT2D eigenvalue weighted by Crippen LogP contribution is 2.32. The highest BCUT2D eigenvalue weighted by Gasteiger charge is 2.40. The highest BCUT2D eigenvalue weighted by atomic mass is 32.1. The van der Waals surface area contributed by atoms with Crippen molar-refractivity contribution in [2.24, 2.45) is 0 Å². The van der Waals surface area contributed by atoms with Gasteiger partial charge in [-0.15, -0.1) is 11.3 Å². The Kier molecular flexibility index (Phi) is 4.77. The number of carbonyl (C=O) groups excluding carboxylic acids is 1. The van der Waals surface area contributed by atoms with Gasteiger partial charge < -0.3 is 19.1 Å². The van der Waals surface area contributed by atoms with Crippen LogP contribution >= 0.6 is 11.3 Å². The minimum atomic E-state index is -0.454. The van der Waals surface area contributed by atoms with E-state index in [4.69, 9.17) is 19.2 Å². The Bertz CT molecular complexity index is 1010. The number of ether oxygens (including phenoxy) is 3. The first kappa shape index (κ1) is 18.6. The van der Waals surface area contributed by atoms with Crippen LogP contribution in [0.3, 0.4) is 0 Å². The van der Waals surface area contributed by atoms with Crippen molar-refractivity contribution in [1.82, 2.24) is 14.3 Å². The fourth-order valence-corrected chi connectivity index (χ4v) is 4.88. The molecule has 0 saturated carbocycles. The lowest BCUT2D eigenvalue weighted by atomic mass is 10.0. The fraction of sp³-hybridized carbons (Fsp3) is 0.429. The van der Waals surface area contributed by atoms with Crippen LogP contribution in [0.4, 0.5) is 0 Å². The van der Waals surface area contributed by atoms with Crippen molar-refractivity contribution in [3.63, 3.8) is 0 Å². The smallest absolute Gasteiger partial charge is 0.228 e. The fourth-order valence-electron chi connectivity index (χ4n) is 4.01. The number of hydrogen-bond donors (Lipinski definition) is 0. The van der Waals surface area contributed by atoms with E-state index in [9.17, 15) is 4.79 Å². The van der Waals surface area contributed by atoms with Crippen molar-refractivity contribution >= 4 is 22.2 Å². The van der Waals surface area contributed by atoms with E-state index in [1.807, 2.05) is 45.1 Å². The molecule has 1 amide bonds. The van der Waals surface area contributed by atoms with E-state index in [0.29, 0.717) is 32.7 Å². The Hall–Kier alpha value is -2.42. The molecule has 1 aromatic carbocycles. The summed E-state index contributed by atoms with van der Waals surface area (Å²) in [6.45, 7) is 2.65. The molecule has 4 heterocycles. The number of carbonyl (C=O) groups is 1. The number of rotatable bonds is 4. The number of hydrogen-bond acceptors (Lipinski definition) is 6. The third-order valence-corrected chi connectivity index (χ3v) is 6.58. The summed E-state index contributed by atoms with van der Waals surface area (Å²) in [7, 11) is 1.65. The lowest BCUT2D eigenvalue weighted by Crippen LogP contribution is -2.47. The van der Waals surface area contributed by atoms with Crippen molar-refractivity contribution < 1.29 is 19.0 Å². The van der Waals surface area contributed by atoms with E-state index in [-0.39, 0.29) is 5.91 Å². The number of imidazole rings is 1. The molecule has 7 nitrogen and oxygen atoms in total. The SMILES string of the molecule is COc1ccc(-c2cn3c(CC(=O)N4CCC5(CC4)OCCO5)csc3n2)cc1. The number of thiazole rings is 1. The number of fused-ring (bicyclic) bond motifs is 1. The number of amides is 1. The molecule has 3 aromatic rings. The molecule has 29 heavy (non-hydrogen) atoms. The van der Waals surface area contributed by atoms with E-state index in [0.717, 1.165) is 40.5 Å². The molecule has 5 rings (SSSR count). The Labute approximate surface area is 172 Å². The molecule has 0 N–H and O–H groups in total. The van der Waals surface area contributed by atoms with Crippen LogP contribution in [-0.2, 0) is 20.7 Å². The molecule has 152 valence electrons. The quantitative estimate of drug-likeness (QED) is 0.658. The van der Waals surface area contributed by atoms with Gasteiger partial charge in [0.2, 0.25) is 5.91 Å². The number of likely N-dealkylation sites (tertiary alicyclic amines) is 1. The van der Waals surface area contributed by atoms with E-state index in [1.54, 1.807) is 18.4 Å². The number of methoxy groups -OCH3 is 1. The van der Waals surface area contributed by atoms with Gasteiger partial charge in [-0.05, 0) is 24.3 Å². The van der Waals surface area contributed by atoms with Gasteiger partial charge in [-0.1, -0.05) is 0 Å². The second-order valence-electron chi connectivity index (χ2n) is 7.40. The molecule has 2 saturated heterocycles. The third kappa shape index (κ3) is 3.52. The molecular formula is C21H23N3O4S. The second kappa shape index (κ2) is 7.44. The molecular weight excluding hydrogens is 390 g/mol. The first-order valence-corrected chi connectivity index (χ1v) is 10.7. The third-order valence-electron chi connectivity index (χ3n) is 5.69. The number of benzene rings is 1. The van der Waals surface area contributed by atoms with Crippen LogP contribution in [-0.4, -0.2) is 59.4 Å². The zero-order valence-electron chi connectivity index (χ0n) is 16.3. The predicted octanol–water partition coefficient (Wildman–Crippen LogP) is 2.98. The summed E-state index contributed by atoms with van der Waals surface area (Å²) in [6.07, 6.45) is 3.85. The Morgan fingerprint density at radius 1 is 1.21 bits per heavy atom. The van der Waals surface area contributed by atoms with Crippen LogP contribution in [0, 0.1) is 0 Å². The van der Waals surface area contributed by atoms with Crippen LogP contribution in [0.1, 0.15) is 18.5 Å². The van der Waals surface area contributed by atoms with Gasteiger partial charge in [0.25, 0.3) is 0 Å². The summed E-state index contributed by atoms with van der Waals surface area (Å²) in [6, 6.07) is 7.84. The minimum Gasteiger partial charge on any atom is -0.497 e. The first-order chi connectivity index (χ1) is 14.2.